The van der Waals surface area contributed by atoms with Crippen LogP contribution in [0.25, 0.3) is 0 Å². The normalized spacial score (nSPS) is 14.7. The number of ether oxygens (including phenoxy) is 2. The van der Waals surface area contributed by atoms with Crippen molar-refractivity contribution in [3.05, 3.63) is 35.9 Å². The fourth-order valence-corrected chi connectivity index (χ4v) is 2.64. The number of esters is 1. The third kappa shape index (κ3) is 7.49. The van der Waals surface area contributed by atoms with Crippen LogP contribution in [-0.4, -0.2) is 52.1 Å². The van der Waals surface area contributed by atoms with Gasteiger partial charge in [0.05, 0.1) is 6.04 Å². The van der Waals surface area contributed by atoms with Gasteiger partial charge in [-0.15, -0.1) is 0 Å². The quantitative estimate of drug-likeness (QED) is 0.525. The molecule has 29 heavy (non-hydrogen) atoms. The van der Waals surface area contributed by atoms with Gasteiger partial charge in [-0.25, -0.2) is 9.59 Å². The summed E-state index contributed by atoms with van der Waals surface area (Å²) in [4.78, 5) is 39.1. The highest BCUT2D eigenvalue weighted by molar-refractivity contribution is 6.09. The van der Waals surface area contributed by atoms with Crippen LogP contribution in [0.4, 0.5) is 4.79 Å². The van der Waals surface area contributed by atoms with Crippen molar-refractivity contribution >= 4 is 17.8 Å². The van der Waals surface area contributed by atoms with Crippen molar-refractivity contribution < 1.29 is 29.0 Å². The number of aliphatic hydroxyl groups is 1. The SMILES string of the molecule is CC(C)C[C@@H](C(=O)C(C)(O)C(=O)OC(C)(C)C)N(C)C(=O)OCc1ccccc1. The first-order valence-corrected chi connectivity index (χ1v) is 9.69. The zero-order chi connectivity index (χ0) is 22.4. The molecule has 2 atom stereocenters. The van der Waals surface area contributed by atoms with Gasteiger partial charge in [0.25, 0.3) is 0 Å². The summed E-state index contributed by atoms with van der Waals surface area (Å²) >= 11 is 0. The Morgan fingerprint density at radius 2 is 1.62 bits per heavy atom. The lowest BCUT2D eigenvalue weighted by Gasteiger charge is -2.33. The van der Waals surface area contributed by atoms with Gasteiger partial charge in [0, 0.05) is 7.05 Å². The summed E-state index contributed by atoms with van der Waals surface area (Å²) in [5, 5.41) is 10.6. The molecule has 0 aliphatic rings. The Bertz CT molecular complexity index is 706. The predicted octanol–water partition coefficient (Wildman–Crippen LogP) is 3.33. The molecule has 0 aliphatic heterocycles. The number of carbonyl (C=O) groups excluding carboxylic acids is 3. The number of benzene rings is 1. The van der Waals surface area contributed by atoms with Gasteiger partial charge in [0.2, 0.25) is 5.60 Å². The average molecular weight is 408 g/mol. The molecule has 0 spiro atoms. The molecule has 0 aromatic heterocycles. The van der Waals surface area contributed by atoms with Crippen molar-refractivity contribution in [1.82, 2.24) is 4.90 Å². The third-order valence-corrected chi connectivity index (χ3v) is 4.23. The van der Waals surface area contributed by atoms with Gasteiger partial charge < -0.3 is 19.5 Å². The van der Waals surface area contributed by atoms with Crippen LogP contribution in [0.2, 0.25) is 0 Å². The summed E-state index contributed by atoms with van der Waals surface area (Å²) in [5.74, 6) is -1.82. The second-order valence-electron chi connectivity index (χ2n) is 8.73. The molecule has 1 aromatic rings. The van der Waals surface area contributed by atoms with E-state index in [0.29, 0.717) is 0 Å². The fraction of sp³-hybridized carbons (Fsp3) is 0.591. The van der Waals surface area contributed by atoms with Gasteiger partial charge in [0.15, 0.2) is 5.78 Å². The monoisotopic (exact) mass is 407 g/mol. The van der Waals surface area contributed by atoms with Crippen molar-refractivity contribution in [2.24, 2.45) is 5.92 Å². The van der Waals surface area contributed by atoms with Gasteiger partial charge in [-0.2, -0.15) is 0 Å². The van der Waals surface area contributed by atoms with Crippen molar-refractivity contribution in [3.8, 4) is 0 Å². The lowest BCUT2D eigenvalue weighted by atomic mass is 9.89. The molecule has 0 heterocycles. The minimum atomic E-state index is -2.39. The number of Topliss-reactive ketones (excluding diaryl/α,β-unsaturated/α-hetero) is 1. The highest BCUT2D eigenvalue weighted by Crippen LogP contribution is 2.22. The maximum absolute atomic E-state index is 13.0. The topological polar surface area (TPSA) is 93.1 Å². The van der Waals surface area contributed by atoms with Crippen LogP contribution in [0.15, 0.2) is 30.3 Å². The van der Waals surface area contributed by atoms with Crippen LogP contribution in [0.3, 0.4) is 0 Å². The Hall–Kier alpha value is -2.41. The van der Waals surface area contributed by atoms with Crippen LogP contribution in [0, 0.1) is 5.92 Å². The Labute approximate surface area is 173 Å². The molecular formula is C22H33NO6. The minimum absolute atomic E-state index is 0.0303. The second kappa shape index (κ2) is 9.87. The lowest BCUT2D eigenvalue weighted by Crippen LogP contribution is -2.56. The first kappa shape index (κ1) is 24.6. The molecule has 1 amide bonds. The van der Waals surface area contributed by atoms with Crippen LogP contribution in [0.1, 0.15) is 53.5 Å². The smallest absolute Gasteiger partial charge is 0.410 e. The van der Waals surface area contributed by atoms with Crippen LogP contribution in [-0.2, 0) is 25.7 Å². The molecule has 162 valence electrons. The highest BCUT2D eigenvalue weighted by atomic mass is 16.6. The van der Waals surface area contributed by atoms with Crippen LogP contribution < -0.4 is 0 Å². The fourth-order valence-electron chi connectivity index (χ4n) is 2.64. The number of amides is 1. The van der Waals surface area contributed by atoms with Crippen LogP contribution in [0.5, 0.6) is 0 Å². The number of rotatable bonds is 8. The zero-order valence-corrected chi connectivity index (χ0v) is 18.4. The Kier molecular flexibility index (Phi) is 8.38. The highest BCUT2D eigenvalue weighted by Gasteiger charge is 2.47. The van der Waals surface area contributed by atoms with Crippen LogP contribution >= 0.6 is 0 Å². The molecule has 0 aliphatic carbocycles. The molecule has 0 fully saturated rings. The van der Waals surface area contributed by atoms with E-state index in [0.717, 1.165) is 17.4 Å². The van der Waals surface area contributed by atoms with E-state index >= 15 is 0 Å². The van der Waals surface area contributed by atoms with Crippen molar-refractivity contribution in [2.75, 3.05) is 7.05 Å². The van der Waals surface area contributed by atoms with Gasteiger partial charge in [-0.1, -0.05) is 44.2 Å². The third-order valence-electron chi connectivity index (χ3n) is 4.23. The summed E-state index contributed by atoms with van der Waals surface area (Å²) in [6, 6.07) is 8.11. The van der Waals surface area contributed by atoms with E-state index in [9.17, 15) is 19.5 Å². The Morgan fingerprint density at radius 3 is 2.10 bits per heavy atom. The van der Waals surface area contributed by atoms with E-state index in [2.05, 4.69) is 0 Å². The molecule has 1 N–H and O–H groups in total. The summed E-state index contributed by atoms with van der Waals surface area (Å²) < 4.78 is 10.5. The van der Waals surface area contributed by atoms with Gasteiger partial charge in [-0.05, 0) is 45.6 Å². The molecule has 1 rings (SSSR count). The van der Waals surface area contributed by atoms with E-state index in [4.69, 9.17) is 9.47 Å². The predicted molar refractivity (Wildman–Crippen MR) is 109 cm³/mol. The maximum atomic E-state index is 13.0. The zero-order valence-electron chi connectivity index (χ0n) is 18.4. The van der Waals surface area contributed by atoms with E-state index in [1.165, 1.54) is 7.05 Å². The lowest BCUT2D eigenvalue weighted by molar-refractivity contribution is -0.179. The van der Waals surface area contributed by atoms with Gasteiger partial charge in [0.1, 0.15) is 12.2 Å². The maximum Gasteiger partial charge on any atom is 0.410 e. The minimum Gasteiger partial charge on any atom is -0.457 e. The largest absolute Gasteiger partial charge is 0.457 e. The molecule has 1 unspecified atom stereocenters. The molecular weight excluding hydrogens is 374 g/mol. The first-order chi connectivity index (χ1) is 13.3. The number of carbonyl (C=O) groups is 3. The van der Waals surface area contributed by atoms with E-state index in [-0.39, 0.29) is 18.9 Å². The van der Waals surface area contributed by atoms with E-state index < -0.39 is 35.1 Å². The Morgan fingerprint density at radius 1 is 1.07 bits per heavy atom. The molecule has 0 saturated heterocycles. The summed E-state index contributed by atoms with van der Waals surface area (Å²) in [6.07, 6.45) is -0.456. The standard InChI is InChI=1S/C22H33NO6/c1-15(2)13-17(18(24)22(6,27)19(25)29-21(3,4)5)23(7)20(26)28-14-16-11-9-8-10-12-16/h8-12,15,17,27H,13-14H2,1-7H3/t17-,22?/m0/s1. The summed E-state index contributed by atoms with van der Waals surface area (Å²) in [6.45, 7) is 9.84. The molecule has 7 heteroatoms. The number of hydrogen-bond acceptors (Lipinski definition) is 6. The first-order valence-electron chi connectivity index (χ1n) is 9.69. The summed E-state index contributed by atoms with van der Waals surface area (Å²) in [5.41, 5.74) is -2.45. The Balaban J connectivity index is 2.97. The number of hydrogen-bond donors (Lipinski definition) is 1. The number of nitrogens with zero attached hydrogens (tertiary/aromatic N) is 1. The van der Waals surface area contributed by atoms with Gasteiger partial charge in [-0.3, -0.25) is 4.79 Å². The van der Waals surface area contributed by atoms with Gasteiger partial charge >= 0.3 is 12.1 Å². The van der Waals surface area contributed by atoms with Crippen molar-refractivity contribution in [1.29, 1.82) is 0 Å². The number of ketones is 1. The number of likely N-dealkylation sites (N-methyl/N-ethyl adjacent to an activating group) is 1. The van der Waals surface area contributed by atoms with E-state index in [1.807, 2.05) is 44.2 Å². The molecule has 0 saturated carbocycles. The van der Waals surface area contributed by atoms with E-state index in [1.54, 1.807) is 20.8 Å². The molecule has 0 bridgehead atoms. The molecule has 7 nitrogen and oxygen atoms in total. The molecule has 0 radical (unpaired) electrons. The van der Waals surface area contributed by atoms with Crippen molar-refractivity contribution in [3.63, 3.8) is 0 Å². The second-order valence-corrected chi connectivity index (χ2v) is 8.73. The molecule has 1 aromatic carbocycles. The summed E-state index contributed by atoms with van der Waals surface area (Å²) in [7, 11) is 1.42. The average Bonchev–Trinajstić information content (AvgIpc) is 2.62. The van der Waals surface area contributed by atoms with Crippen molar-refractivity contribution in [2.45, 2.75) is 71.8 Å².